The first-order valence-corrected chi connectivity index (χ1v) is 3.55. The van der Waals surface area contributed by atoms with E-state index >= 15 is 0 Å². The second-order valence-electron chi connectivity index (χ2n) is 2.23. The van der Waals surface area contributed by atoms with Crippen molar-refractivity contribution < 1.29 is 9.63 Å². The second kappa shape index (κ2) is 4.28. The lowest BCUT2D eigenvalue weighted by atomic mass is 10.2. The predicted molar refractivity (Wildman–Crippen MR) is 45.8 cm³/mol. The lowest BCUT2D eigenvalue weighted by Crippen LogP contribution is -1.91. The lowest BCUT2D eigenvalue weighted by Gasteiger charge is -1.90. The van der Waals surface area contributed by atoms with Gasteiger partial charge in [0, 0.05) is 6.92 Å². The zero-order chi connectivity index (χ0) is 8.81. The van der Waals surface area contributed by atoms with Crippen molar-refractivity contribution in [3.05, 3.63) is 35.9 Å². The molecule has 3 heteroatoms. The molecule has 0 saturated carbocycles. The van der Waals surface area contributed by atoms with Crippen molar-refractivity contribution in [2.45, 2.75) is 6.92 Å². The Morgan fingerprint density at radius 1 is 1.42 bits per heavy atom. The van der Waals surface area contributed by atoms with Crippen LogP contribution in [0, 0.1) is 0 Å². The molecular formula is C9H9NO2. The summed E-state index contributed by atoms with van der Waals surface area (Å²) < 4.78 is 0. The van der Waals surface area contributed by atoms with E-state index in [0.717, 1.165) is 5.56 Å². The van der Waals surface area contributed by atoms with Gasteiger partial charge >= 0.3 is 5.97 Å². The van der Waals surface area contributed by atoms with Crippen molar-refractivity contribution in [2.24, 2.45) is 5.16 Å². The Morgan fingerprint density at radius 2 is 2.08 bits per heavy atom. The van der Waals surface area contributed by atoms with Crippen LogP contribution >= 0.6 is 0 Å². The molecule has 0 radical (unpaired) electrons. The number of carbonyl (C=O) groups excluding carboxylic acids is 1. The van der Waals surface area contributed by atoms with E-state index in [4.69, 9.17) is 0 Å². The Morgan fingerprint density at radius 3 is 2.67 bits per heavy atom. The van der Waals surface area contributed by atoms with Gasteiger partial charge in [0.1, 0.15) is 0 Å². The molecule has 1 rings (SSSR count). The molecule has 0 saturated heterocycles. The first kappa shape index (κ1) is 8.46. The summed E-state index contributed by atoms with van der Waals surface area (Å²) in [5, 5.41) is 3.47. The van der Waals surface area contributed by atoms with E-state index in [1.807, 2.05) is 30.3 Å². The molecule has 0 bridgehead atoms. The number of carbonyl (C=O) groups is 1. The van der Waals surface area contributed by atoms with Crippen LogP contribution in [-0.2, 0) is 9.63 Å². The van der Waals surface area contributed by atoms with Crippen LogP contribution in [0.3, 0.4) is 0 Å². The van der Waals surface area contributed by atoms with Crippen LogP contribution in [0.5, 0.6) is 0 Å². The van der Waals surface area contributed by atoms with Gasteiger partial charge in [0.25, 0.3) is 0 Å². The third-order valence-electron chi connectivity index (χ3n) is 1.18. The van der Waals surface area contributed by atoms with E-state index in [1.165, 1.54) is 13.1 Å². The van der Waals surface area contributed by atoms with E-state index in [0.29, 0.717) is 0 Å². The fraction of sp³-hybridized carbons (Fsp3) is 0.111. The van der Waals surface area contributed by atoms with Gasteiger partial charge in [0.05, 0.1) is 6.21 Å². The molecule has 0 atom stereocenters. The van der Waals surface area contributed by atoms with E-state index in [2.05, 4.69) is 9.99 Å². The van der Waals surface area contributed by atoms with Crippen molar-refractivity contribution >= 4 is 12.2 Å². The monoisotopic (exact) mass is 163 g/mol. The molecule has 12 heavy (non-hydrogen) atoms. The maximum atomic E-state index is 10.3. The molecule has 0 aliphatic carbocycles. The minimum absolute atomic E-state index is 0.415. The highest BCUT2D eigenvalue weighted by Gasteiger charge is 1.87. The molecule has 0 aliphatic rings. The Bertz CT molecular complexity index is 280. The standard InChI is InChI=1S/C9H9NO2/c1-8(11)12-10-7-9-5-3-2-4-6-9/h2-7H,1H3/b10-7+. The van der Waals surface area contributed by atoms with Gasteiger partial charge in [0.15, 0.2) is 0 Å². The lowest BCUT2D eigenvalue weighted by molar-refractivity contribution is -0.140. The fourth-order valence-corrected chi connectivity index (χ4v) is 0.701. The van der Waals surface area contributed by atoms with E-state index in [1.54, 1.807) is 0 Å². The van der Waals surface area contributed by atoms with Crippen molar-refractivity contribution in [2.75, 3.05) is 0 Å². The van der Waals surface area contributed by atoms with Gasteiger partial charge in [-0.3, -0.25) is 0 Å². The summed E-state index contributed by atoms with van der Waals surface area (Å²) in [6, 6.07) is 9.41. The number of hydrogen-bond donors (Lipinski definition) is 0. The summed E-state index contributed by atoms with van der Waals surface area (Å²) in [6.45, 7) is 1.31. The molecule has 0 fully saturated rings. The van der Waals surface area contributed by atoms with E-state index < -0.39 is 5.97 Å². The van der Waals surface area contributed by atoms with Crippen LogP contribution in [0.4, 0.5) is 0 Å². The highest BCUT2D eigenvalue weighted by Crippen LogP contribution is 1.93. The SMILES string of the molecule is CC(=O)O/N=C/c1ccccc1. The molecule has 0 spiro atoms. The van der Waals surface area contributed by atoms with E-state index in [9.17, 15) is 4.79 Å². The Labute approximate surface area is 70.7 Å². The average molecular weight is 163 g/mol. The van der Waals surface area contributed by atoms with Crippen LogP contribution in [-0.4, -0.2) is 12.2 Å². The first-order chi connectivity index (χ1) is 5.79. The zero-order valence-corrected chi connectivity index (χ0v) is 6.73. The van der Waals surface area contributed by atoms with Crippen LogP contribution in [0.25, 0.3) is 0 Å². The first-order valence-electron chi connectivity index (χ1n) is 3.55. The summed E-state index contributed by atoms with van der Waals surface area (Å²) >= 11 is 0. The van der Waals surface area contributed by atoms with Gasteiger partial charge in [-0.25, -0.2) is 4.79 Å². The van der Waals surface area contributed by atoms with Crippen molar-refractivity contribution in [1.82, 2.24) is 0 Å². The molecular weight excluding hydrogens is 154 g/mol. The molecule has 0 aliphatic heterocycles. The predicted octanol–water partition coefficient (Wildman–Crippen LogP) is 1.58. The van der Waals surface area contributed by atoms with E-state index in [-0.39, 0.29) is 0 Å². The number of nitrogens with zero attached hydrogens (tertiary/aromatic N) is 1. The number of oxime groups is 1. The highest BCUT2D eigenvalue weighted by molar-refractivity contribution is 5.79. The molecule has 0 unspecified atom stereocenters. The highest BCUT2D eigenvalue weighted by atomic mass is 16.7. The molecule has 1 aromatic carbocycles. The second-order valence-corrected chi connectivity index (χ2v) is 2.23. The number of hydrogen-bond acceptors (Lipinski definition) is 3. The normalized spacial score (nSPS) is 10.1. The van der Waals surface area contributed by atoms with Gasteiger partial charge < -0.3 is 4.84 Å². The summed E-state index contributed by atoms with van der Waals surface area (Å²) in [7, 11) is 0. The smallest absolute Gasteiger partial charge is 0.319 e. The average Bonchev–Trinajstić information content (AvgIpc) is 2.05. The number of benzene rings is 1. The largest absolute Gasteiger partial charge is 0.331 e. The molecule has 0 aromatic heterocycles. The third kappa shape index (κ3) is 2.96. The quantitative estimate of drug-likeness (QED) is 0.377. The Hall–Kier alpha value is -1.64. The molecule has 62 valence electrons. The topological polar surface area (TPSA) is 38.7 Å². The molecule has 0 amide bonds. The Balaban J connectivity index is 2.52. The maximum absolute atomic E-state index is 10.3. The zero-order valence-electron chi connectivity index (χ0n) is 6.73. The summed E-state index contributed by atoms with van der Waals surface area (Å²) in [6.07, 6.45) is 1.49. The molecule has 3 nitrogen and oxygen atoms in total. The fourth-order valence-electron chi connectivity index (χ4n) is 0.701. The van der Waals surface area contributed by atoms with Crippen molar-refractivity contribution in [1.29, 1.82) is 0 Å². The molecule has 0 N–H and O–H groups in total. The minimum atomic E-state index is -0.415. The third-order valence-corrected chi connectivity index (χ3v) is 1.18. The molecule has 1 aromatic rings. The van der Waals surface area contributed by atoms with Crippen molar-refractivity contribution in [3.63, 3.8) is 0 Å². The van der Waals surface area contributed by atoms with Gasteiger partial charge in [-0.05, 0) is 5.56 Å². The van der Waals surface area contributed by atoms with Crippen LogP contribution in [0.15, 0.2) is 35.5 Å². The minimum Gasteiger partial charge on any atom is -0.319 e. The van der Waals surface area contributed by atoms with Gasteiger partial charge in [-0.15, -0.1) is 0 Å². The van der Waals surface area contributed by atoms with Crippen LogP contribution < -0.4 is 0 Å². The van der Waals surface area contributed by atoms with Gasteiger partial charge in [0.2, 0.25) is 0 Å². The number of rotatable bonds is 2. The van der Waals surface area contributed by atoms with Gasteiger partial charge in [-0.1, -0.05) is 35.5 Å². The van der Waals surface area contributed by atoms with Crippen LogP contribution in [0.2, 0.25) is 0 Å². The van der Waals surface area contributed by atoms with Crippen LogP contribution in [0.1, 0.15) is 12.5 Å². The summed E-state index contributed by atoms with van der Waals surface area (Å²) in [5.41, 5.74) is 0.902. The maximum Gasteiger partial charge on any atom is 0.331 e. The summed E-state index contributed by atoms with van der Waals surface area (Å²) in [4.78, 5) is 14.7. The van der Waals surface area contributed by atoms with Gasteiger partial charge in [-0.2, -0.15) is 0 Å². The summed E-state index contributed by atoms with van der Waals surface area (Å²) in [5.74, 6) is -0.415. The van der Waals surface area contributed by atoms with Crippen molar-refractivity contribution in [3.8, 4) is 0 Å². The molecule has 0 heterocycles. The Kier molecular flexibility index (Phi) is 3.02.